The number of nitrogens with zero attached hydrogens (tertiary/aromatic N) is 3. The van der Waals surface area contributed by atoms with Crippen LogP contribution >= 0.6 is 12.6 Å². The molecule has 6 nitrogen and oxygen atoms in total. The molecule has 0 aromatic heterocycles. The van der Waals surface area contributed by atoms with Gasteiger partial charge in [-0.05, 0) is 81.6 Å². The molecular formula is C31H48N6S. The molecule has 2 aliphatic rings. The lowest BCUT2D eigenvalue weighted by molar-refractivity contribution is 0.199. The van der Waals surface area contributed by atoms with E-state index < -0.39 is 0 Å². The van der Waals surface area contributed by atoms with Gasteiger partial charge in [0.25, 0.3) is 0 Å². The summed E-state index contributed by atoms with van der Waals surface area (Å²) in [4.78, 5) is 11.5. The number of hydrogen-bond acceptors (Lipinski definition) is 7. The van der Waals surface area contributed by atoms with E-state index >= 15 is 0 Å². The Morgan fingerprint density at radius 2 is 1.79 bits per heavy atom. The largest absolute Gasteiger partial charge is 0.397 e. The average molecular weight is 537 g/mol. The van der Waals surface area contributed by atoms with Gasteiger partial charge in [-0.3, -0.25) is 9.98 Å². The van der Waals surface area contributed by atoms with Crippen LogP contribution in [0.5, 0.6) is 0 Å². The molecule has 1 aromatic rings. The van der Waals surface area contributed by atoms with Gasteiger partial charge in [0, 0.05) is 42.5 Å². The van der Waals surface area contributed by atoms with Crippen molar-refractivity contribution >= 4 is 31.3 Å². The third-order valence-electron chi connectivity index (χ3n) is 7.24. The highest BCUT2D eigenvalue weighted by Gasteiger charge is 2.24. The summed E-state index contributed by atoms with van der Waals surface area (Å²) in [5.74, 6) is 1.54. The van der Waals surface area contributed by atoms with Gasteiger partial charge < -0.3 is 21.7 Å². The first-order valence-corrected chi connectivity index (χ1v) is 14.3. The van der Waals surface area contributed by atoms with Crippen LogP contribution in [-0.2, 0) is 0 Å². The van der Waals surface area contributed by atoms with Crippen molar-refractivity contribution in [3.63, 3.8) is 0 Å². The molecule has 3 rings (SSSR count). The normalized spacial score (nSPS) is 18.2. The molecule has 1 aromatic carbocycles. The van der Waals surface area contributed by atoms with Gasteiger partial charge in [0.05, 0.1) is 17.1 Å². The van der Waals surface area contributed by atoms with Crippen LogP contribution in [0.3, 0.4) is 0 Å². The summed E-state index contributed by atoms with van der Waals surface area (Å²) < 4.78 is 0. The predicted octanol–water partition coefficient (Wildman–Crippen LogP) is 6.15. The average Bonchev–Trinajstić information content (AvgIpc) is 2.97. The van der Waals surface area contributed by atoms with E-state index in [2.05, 4.69) is 53.1 Å². The molecule has 38 heavy (non-hydrogen) atoms. The Labute approximate surface area is 236 Å². The lowest BCUT2D eigenvalue weighted by Gasteiger charge is -2.38. The summed E-state index contributed by atoms with van der Waals surface area (Å²) in [5.41, 5.74) is 16.1. The van der Waals surface area contributed by atoms with Gasteiger partial charge in [-0.1, -0.05) is 51.0 Å². The minimum Gasteiger partial charge on any atom is -0.397 e. The van der Waals surface area contributed by atoms with Crippen LogP contribution in [0, 0.1) is 11.8 Å². The first-order valence-electron chi connectivity index (χ1n) is 13.9. The van der Waals surface area contributed by atoms with Gasteiger partial charge >= 0.3 is 0 Å². The molecule has 1 aliphatic carbocycles. The molecule has 1 heterocycles. The first-order chi connectivity index (χ1) is 18.4. The van der Waals surface area contributed by atoms with E-state index in [9.17, 15) is 0 Å². The second-order valence-corrected chi connectivity index (χ2v) is 10.4. The second kappa shape index (κ2) is 17.7. The zero-order valence-electron chi connectivity index (χ0n) is 23.4. The van der Waals surface area contributed by atoms with Crippen LogP contribution in [-0.4, -0.2) is 44.5 Å². The smallest absolute Gasteiger partial charge is 0.0950 e. The summed E-state index contributed by atoms with van der Waals surface area (Å²) in [6.45, 7) is 13.3. The van der Waals surface area contributed by atoms with Crippen molar-refractivity contribution in [2.75, 3.05) is 26.7 Å². The molecule has 1 saturated heterocycles. The highest BCUT2D eigenvalue weighted by Crippen LogP contribution is 2.32. The fourth-order valence-corrected chi connectivity index (χ4v) is 5.02. The van der Waals surface area contributed by atoms with Gasteiger partial charge in [-0.25, -0.2) is 0 Å². The third-order valence-corrected chi connectivity index (χ3v) is 7.54. The molecule has 0 radical (unpaired) electrons. The van der Waals surface area contributed by atoms with E-state index in [1.165, 1.54) is 63.7 Å². The minimum absolute atomic E-state index is 0.531. The maximum atomic E-state index is 6.14. The number of nitrogens with two attached hydrogens (primary N) is 2. The lowest BCUT2D eigenvalue weighted by atomic mass is 9.85. The van der Waals surface area contributed by atoms with Crippen molar-refractivity contribution in [2.45, 2.75) is 63.2 Å². The molecule has 0 spiro atoms. The molecule has 7 heteroatoms. The summed E-state index contributed by atoms with van der Waals surface area (Å²) in [6.07, 6.45) is 17.6. The Kier molecular flexibility index (Phi) is 14.6. The fourth-order valence-electron chi connectivity index (χ4n) is 4.87. The highest BCUT2D eigenvalue weighted by atomic mass is 32.1. The van der Waals surface area contributed by atoms with Crippen LogP contribution < -0.4 is 16.8 Å². The topological polar surface area (TPSA) is 92.0 Å². The summed E-state index contributed by atoms with van der Waals surface area (Å²) in [5, 5.41) is 3.18. The van der Waals surface area contributed by atoms with E-state index in [1.807, 2.05) is 36.5 Å². The van der Waals surface area contributed by atoms with Gasteiger partial charge in [0.15, 0.2) is 0 Å². The van der Waals surface area contributed by atoms with Gasteiger partial charge in [-0.2, -0.15) is 0 Å². The van der Waals surface area contributed by atoms with Crippen molar-refractivity contribution in [3.05, 3.63) is 71.9 Å². The number of hydrogen-bond donors (Lipinski definition) is 4. The highest BCUT2D eigenvalue weighted by molar-refractivity contribution is 7.80. The summed E-state index contributed by atoms with van der Waals surface area (Å²) in [6, 6.07) is 7.66. The third kappa shape index (κ3) is 10.2. The number of piperidine rings is 1. The molecule has 0 bridgehead atoms. The molecule has 5 N–H and O–H groups in total. The van der Waals surface area contributed by atoms with E-state index in [0.29, 0.717) is 17.1 Å². The number of aliphatic imine (C=N–C) groups is 2. The molecular weight excluding hydrogens is 488 g/mol. The standard InChI is InChI=1S/C17H22N4S.C14H26N2/c1-4-5-11-21-17(15(18)10-12-19-2)16(20-3)13-6-8-14(22)9-7-13;1-12(14-5-3-2-4-6-14)16-9-7-13(11-15)8-10-16/h5-12,21-22H,3-4,18H2,1-2H3;13-14H,1-11,15H2/b11-5-,15-10-,17-16-,19-12?;. The molecule has 1 saturated carbocycles. The SMILES string of the molecule is C=C(C1CCCCC1)N1CCC(CN)CC1.C=N/C(=C(N/C=C\CC)/C(N)=C/C=NC)c1ccc(S)cc1. The van der Waals surface area contributed by atoms with E-state index in [-0.39, 0.29) is 0 Å². The van der Waals surface area contributed by atoms with Crippen molar-refractivity contribution < 1.29 is 0 Å². The van der Waals surface area contributed by atoms with E-state index in [1.54, 1.807) is 19.3 Å². The molecule has 208 valence electrons. The van der Waals surface area contributed by atoms with Crippen LogP contribution in [0.25, 0.3) is 5.70 Å². The number of thiol groups is 1. The van der Waals surface area contributed by atoms with Crippen molar-refractivity contribution in [1.82, 2.24) is 10.2 Å². The number of benzene rings is 1. The molecule has 0 atom stereocenters. The number of likely N-dealkylation sites (tertiary alicyclic amines) is 1. The van der Waals surface area contributed by atoms with Gasteiger partial charge in [0.1, 0.15) is 0 Å². The van der Waals surface area contributed by atoms with Crippen LogP contribution in [0.15, 0.2) is 81.2 Å². The van der Waals surface area contributed by atoms with E-state index in [0.717, 1.165) is 35.3 Å². The quantitative estimate of drug-likeness (QED) is 0.164. The van der Waals surface area contributed by atoms with Crippen molar-refractivity contribution in [2.24, 2.45) is 33.3 Å². The second-order valence-electron chi connectivity index (χ2n) is 9.91. The Morgan fingerprint density at radius 3 is 2.34 bits per heavy atom. The van der Waals surface area contributed by atoms with Crippen molar-refractivity contribution in [1.29, 1.82) is 0 Å². The Morgan fingerprint density at radius 1 is 1.13 bits per heavy atom. The maximum absolute atomic E-state index is 6.14. The monoisotopic (exact) mass is 536 g/mol. The van der Waals surface area contributed by atoms with Gasteiger partial charge in [0.2, 0.25) is 0 Å². The summed E-state index contributed by atoms with van der Waals surface area (Å²) >= 11 is 4.29. The Hall–Kier alpha value is -2.77. The Balaban J connectivity index is 0.000000279. The zero-order valence-corrected chi connectivity index (χ0v) is 24.3. The van der Waals surface area contributed by atoms with Crippen LogP contribution in [0.4, 0.5) is 0 Å². The number of allylic oxidation sites excluding steroid dienone is 3. The number of rotatable bonds is 10. The maximum Gasteiger partial charge on any atom is 0.0950 e. The van der Waals surface area contributed by atoms with Crippen LogP contribution in [0.2, 0.25) is 0 Å². The Bertz CT molecular complexity index is 978. The lowest BCUT2D eigenvalue weighted by Crippen LogP contribution is -2.37. The van der Waals surface area contributed by atoms with Gasteiger partial charge in [-0.15, -0.1) is 12.6 Å². The molecule has 0 unspecified atom stereocenters. The predicted molar refractivity (Wildman–Crippen MR) is 168 cm³/mol. The van der Waals surface area contributed by atoms with E-state index in [4.69, 9.17) is 11.5 Å². The van der Waals surface area contributed by atoms with Crippen molar-refractivity contribution in [3.8, 4) is 0 Å². The minimum atomic E-state index is 0.531. The molecule has 2 fully saturated rings. The molecule has 0 amide bonds. The number of nitrogens with one attached hydrogen (secondary N) is 1. The first kappa shape index (κ1) is 31.4. The molecule has 1 aliphatic heterocycles. The van der Waals surface area contributed by atoms with Crippen LogP contribution in [0.1, 0.15) is 63.9 Å². The zero-order chi connectivity index (χ0) is 27.8. The fraction of sp³-hybridized carbons (Fsp3) is 0.484. The summed E-state index contributed by atoms with van der Waals surface area (Å²) in [7, 11) is 1.69.